The van der Waals surface area contributed by atoms with E-state index in [1.807, 2.05) is 26.0 Å². The molecule has 0 aliphatic heterocycles. The fraction of sp³-hybridized carbons (Fsp3) is 0.278. The average molecular weight is 334 g/mol. The van der Waals surface area contributed by atoms with Gasteiger partial charge in [-0.2, -0.15) is 0 Å². The molecule has 1 unspecified atom stereocenters. The third kappa shape index (κ3) is 3.96. The first kappa shape index (κ1) is 17.2. The lowest BCUT2D eigenvalue weighted by Crippen LogP contribution is -2.27. The molecule has 122 valence electrons. The Bertz CT molecular complexity index is 715. The topological polar surface area (TPSA) is 47.6 Å². The van der Waals surface area contributed by atoms with Gasteiger partial charge in [0.15, 0.2) is 11.5 Å². The van der Waals surface area contributed by atoms with E-state index in [-0.39, 0.29) is 11.9 Å². The first-order valence-electron chi connectivity index (χ1n) is 7.25. The van der Waals surface area contributed by atoms with Gasteiger partial charge in [-0.1, -0.05) is 17.7 Å². The normalized spacial score (nSPS) is 11.7. The van der Waals surface area contributed by atoms with Crippen LogP contribution in [-0.2, 0) is 0 Å². The monoisotopic (exact) mass is 333 g/mol. The molecule has 5 heteroatoms. The number of halogens is 1. The van der Waals surface area contributed by atoms with Crippen molar-refractivity contribution < 1.29 is 14.3 Å². The van der Waals surface area contributed by atoms with E-state index in [1.54, 1.807) is 38.5 Å². The summed E-state index contributed by atoms with van der Waals surface area (Å²) < 4.78 is 10.6. The Morgan fingerprint density at radius 2 is 1.78 bits per heavy atom. The molecule has 0 radical (unpaired) electrons. The Morgan fingerprint density at radius 3 is 2.39 bits per heavy atom. The highest BCUT2D eigenvalue weighted by atomic mass is 35.5. The van der Waals surface area contributed by atoms with E-state index in [0.717, 1.165) is 11.1 Å². The molecule has 2 rings (SSSR count). The van der Waals surface area contributed by atoms with Crippen LogP contribution < -0.4 is 14.8 Å². The van der Waals surface area contributed by atoms with Crippen molar-refractivity contribution in [1.82, 2.24) is 5.32 Å². The predicted octanol–water partition coefficient (Wildman–Crippen LogP) is 4.16. The summed E-state index contributed by atoms with van der Waals surface area (Å²) in [6.07, 6.45) is 0. The number of aryl methyl sites for hydroxylation is 1. The zero-order chi connectivity index (χ0) is 17.0. The minimum absolute atomic E-state index is 0.172. The van der Waals surface area contributed by atoms with E-state index >= 15 is 0 Å². The average Bonchev–Trinajstić information content (AvgIpc) is 2.54. The lowest BCUT2D eigenvalue weighted by atomic mass is 10.0. The molecular weight excluding hydrogens is 314 g/mol. The second-order valence-electron chi connectivity index (χ2n) is 5.27. The van der Waals surface area contributed by atoms with Crippen LogP contribution in [0.5, 0.6) is 11.5 Å². The number of carbonyl (C=O) groups is 1. The van der Waals surface area contributed by atoms with Gasteiger partial charge in [0.05, 0.1) is 20.3 Å². The fourth-order valence-corrected chi connectivity index (χ4v) is 2.64. The Balaban J connectivity index is 2.23. The van der Waals surface area contributed by atoms with Gasteiger partial charge in [-0.05, 0) is 55.3 Å². The largest absolute Gasteiger partial charge is 0.493 e. The maximum absolute atomic E-state index is 12.3. The van der Waals surface area contributed by atoms with Crippen molar-refractivity contribution in [3.05, 3.63) is 58.1 Å². The first-order valence-corrected chi connectivity index (χ1v) is 7.63. The smallest absolute Gasteiger partial charge is 0.251 e. The number of ether oxygens (including phenoxy) is 2. The molecule has 23 heavy (non-hydrogen) atoms. The van der Waals surface area contributed by atoms with Crippen LogP contribution >= 0.6 is 11.6 Å². The fourth-order valence-electron chi connectivity index (χ4n) is 2.45. The zero-order valence-electron chi connectivity index (χ0n) is 13.6. The van der Waals surface area contributed by atoms with E-state index in [4.69, 9.17) is 21.1 Å². The Kier molecular flexibility index (Phi) is 5.50. The second kappa shape index (κ2) is 7.38. The highest BCUT2D eigenvalue weighted by molar-refractivity contribution is 6.30. The summed E-state index contributed by atoms with van der Waals surface area (Å²) in [6, 6.07) is 10.5. The zero-order valence-corrected chi connectivity index (χ0v) is 14.4. The molecule has 0 saturated heterocycles. The van der Waals surface area contributed by atoms with E-state index < -0.39 is 0 Å². The summed E-state index contributed by atoms with van der Waals surface area (Å²) in [5, 5.41) is 3.51. The molecule has 0 aromatic heterocycles. The Morgan fingerprint density at radius 1 is 1.13 bits per heavy atom. The van der Waals surface area contributed by atoms with Crippen LogP contribution in [0.25, 0.3) is 0 Å². The van der Waals surface area contributed by atoms with E-state index in [2.05, 4.69) is 5.32 Å². The van der Waals surface area contributed by atoms with Crippen molar-refractivity contribution in [2.75, 3.05) is 14.2 Å². The highest BCUT2D eigenvalue weighted by Gasteiger charge is 2.16. The summed E-state index contributed by atoms with van der Waals surface area (Å²) >= 11 is 5.93. The molecule has 0 heterocycles. The third-order valence-corrected chi connectivity index (χ3v) is 3.91. The summed E-state index contributed by atoms with van der Waals surface area (Å²) in [5.41, 5.74) is 2.52. The van der Waals surface area contributed by atoms with Gasteiger partial charge >= 0.3 is 0 Å². The van der Waals surface area contributed by atoms with Gasteiger partial charge in [0.1, 0.15) is 0 Å². The predicted molar refractivity (Wildman–Crippen MR) is 91.6 cm³/mol. The van der Waals surface area contributed by atoms with Crippen molar-refractivity contribution in [2.24, 2.45) is 0 Å². The maximum Gasteiger partial charge on any atom is 0.251 e. The quantitative estimate of drug-likeness (QED) is 0.893. The molecule has 0 bridgehead atoms. The summed E-state index contributed by atoms with van der Waals surface area (Å²) in [6.45, 7) is 3.90. The molecule has 0 fully saturated rings. The molecule has 0 aliphatic rings. The van der Waals surface area contributed by atoms with Gasteiger partial charge in [0, 0.05) is 10.6 Å². The molecule has 4 nitrogen and oxygen atoms in total. The number of methoxy groups -OCH3 is 2. The lowest BCUT2D eigenvalue weighted by molar-refractivity contribution is 0.0939. The van der Waals surface area contributed by atoms with Crippen molar-refractivity contribution >= 4 is 17.5 Å². The number of hydrogen-bond donors (Lipinski definition) is 1. The number of hydrogen-bond acceptors (Lipinski definition) is 3. The molecular formula is C18H20ClNO3. The van der Waals surface area contributed by atoms with Gasteiger partial charge in [-0.25, -0.2) is 0 Å². The van der Waals surface area contributed by atoms with Gasteiger partial charge in [0.2, 0.25) is 0 Å². The van der Waals surface area contributed by atoms with Crippen LogP contribution in [0.4, 0.5) is 0 Å². The highest BCUT2D eigenvalue weighted by Crippen LogP contribution is 2.32. The number of rotatable bonds is 5. The van der Waals surface area contributed by atoms with Crippen LogP contribution in [0.1, 0.15) is 34.5 Å². The van der Waals surface area contributed by atoms with E-state index in [0.29, 0.717) is 22.1 Å². The Hall–Kier alpha value is -2.20. The van der Waals surface area contributed by atoms with E-state index in [9.17, 15) is 4.79 Å². The van der Waals surface area contributed by atoms with Gasteiger partial charge in [0.25, 0.3) is 5.91 Å². The molecule has 1 amide bonds. The molecule has 1 atom stereocenters. The molecule has 0 spiro atoms. The van der Waals surface area contributed by atoms with Gasteiger partial charge < -0.3 is 14.8 Å². The number of benzene rings is 2. The second-order valence-corrected chi connectivity index (χ2v) is 5.71. The third-order valence-electron chi connectivity index (χ3n) is 3.67. The number of nitrogens with one attached hydrogen (secondary N) is 1. The number of carbonyl (C=O) groups excluding carboxylic acids is 1. The van der Waals surface area contributed by atoms with Crippen molar-refractivity contribution in [2.45, 2.75) is 19.9 Å². The lowest BCUT2D eigenvalue weighted by Gasteiger charge is -2.19. The van der Waals surface area contributed by atoms with E-state index in [1.165, 1.54) is 0 Å². The minimum Gasteiger partial charge on any atom is -0.493 e. The summed E-state index contributed by atoms with van der Waals surface area (Å²) in [7, 11) is 3.19. The van der Waals surface area contributed by atoms with Crippen molar-refractivity contribution in [3.63, 3.8) is 0 Å². The molecule has 0 saturated carbocycles. The van der Waals surface area contributed by atoms with Gasteiger partial charge in [-0.3, -0.25) is 4.79 Å². The van der Waals surface area contributed by atoms with Crippen LogP contribution in [0.15, 0.2) is 36.4 Å². The summed E-state index contributed by atoms with van der Waals surface area (Å²) in [5.74, 6) is 1.13. The molecule has 1 N–H and O–H groups in total. The first-order chi connectivity index (χ1) is 11.0. The van der Waals surface area contributed by atoms with Crippen LogP contribution in [-0.4, -0.2) is 20.1 Å². The van der Waals surface area contributed by atoms with Gasteiger partial charge in [-0.15, -0.1) is 0 Å². The Labute approximate surface area is 141 Å². The number of amides is 1. The van der Waals surface area contributed by atoms with Crippen LogP contribution in [0.2, 0.25) is 5.02 Å². The molecule has 2 aromatic rings. The maximum atomic E-state index is 12.3. The molecule has 2 aromatic carbocycles. The summed E-state index contributed by atoms with van der Waals surface area (Å²) in [4.78, 5) is 12.3. The molecule has 0 aliphatic carbocycles. The van der Waals surface area contributed by atoms with Crippen molar-refractivity contribution in [1.29, 1.82) is 0 Å². The SMILES string of the molecule is COc1cc(C)c(C(C)NC(=O)c2cccc(Cl)c2)cc1OC. The van der Waals surface area contributed by atoms with Crippen molar-refractivity contribution in [3.8, 4) is 11.5 Å². The van der Waals surface area contributed by atoms with Crippen LogP contribution in [0, 0.1) is 6.92 Å². The minimum atomic E-state index is -0.179. The van der Waals surface area contributed by atoms with Crippen LogP contribution in [0.3, 0.4) is 0 Å². The standard InChI is InChI=1S/C18H20ClNO3/c1-11-8-16(22-3)17(23-4)10-15(11)12(2)20-18(21)13-6-5-7-14(19)9-13/h5-10,12H,1-4H3,(H,20,21).